The molecule has 0 bridgehead atoms. The highest BCUT2D eigenvalue weighted by molar-refractivity contribution is 6.30. The Morgan fingerprint density at radius 1 is 1.61 bits per heavy atom. The maximum absolute atomic E-state index is 11.0. The van der Waals surface area contributed by atoms with Crippen molar-refractivity contribution >= 4 is 17.3 Å². The van der Waals surface area contributed by atoms with Gasteiger partial charge in [0.25, 0.3) is 5.69 Å². The van der Waals surface area contributed by atoms with E-state index in [1.165, 1.54) is 6.07 Å². The Kier molecular flexibility index (Phi) is 4.16. The Hall–Kier alpha value is -1.17. The SMILES string of the molecule is CC1CNCCN1Cc1ccc(Cl)cc1[N+](=O)[O-]. The summed E-state index contributed by atoms with van der Waals surface area (Å²) in [5.74, 6) is 0. The van der Waals surface area contributed by atoms with Gasteiger partial charge in [-0.15, -0.1) is 0 Å². The molecule has 1 unspecified atom stereocenters. The third-order valence-corrected chi connectivity index (χ3v) is 3.49. The molecule has 0 aliphatic carbocycles. The Balaban J connectivity index is 2.20. The van der Waals surface area contributed by atoms with E-state index in [2.05, 4.69) is 17.1 Å². The molecular formula is C12H16ClN3O2. The van der Waals surface area contributed by atoms with Crippen molar-refractivity contribution in [1.29, 1.82) is 0 Å². The van der Waals surface area contributed by atoms with Crippen molar-refractivity contribution in [3.63, 3.8) is 0 Å². The largest absolute Gasteiger partial charge is 0.314 e. The number of nitrogens with zero attached hydrogens (tertiary/aromatic N) is 2. The summed E-state index contributed by atoms with van der Waals surface area (Å²) in [6.45, 7) is 5.46. The van der Waals surface area contributed by atoms with Gasteiger partial charge in [-0.05, 0) is 19.1 Å². The molecule has 1 N–H and O–H groups in total. The van der Waals surface area contributed by atoms with Gasteiger partial charge in [0.1, 0.15) is 0 Å². The monoisotopic (exact) mass is 269 g/mol. The van der Waals surface area contributed by atoms with Crippen LogP contribution in [0.3, 0.4) is 0 Å². The van der Waals surface area contributed by atoms with Gasteiger partial charge in [0, 0.05) is 48.9 Å². The molecule has 2 rings (SSSR count). The fraction of sp³-hybridized carbons (Fsp3) is 0.500. The molecule has 18 heavy (non-hydrogen) atoms. The number of nitro groups is 1. The zero-order chi connectivity index (χ0) is 13.1. The Morgan fingerprint density at radius 3 is 3.06 bits per heavy atom. The summed E-state index contributed by atoms with van der Waals surface area (Å²) in [4.78, 5) is 12.9. The van der Waals surface area contributed by atoms with Crippen molar-refractivity contribution in [2.75, 3.05) is 19.6 Å². The normalized spacial score (nSPS) is 20.9. The van der Waals surface area contributed by atoms with Gasteiger partial charge in [-0.25, -0.2) is 0 Å². The molecule has 0 spiro atoms. The summed E-state index contributed by atoms with van der Waals surface area (Å²) in [6.07, 6.45) is 0. The standard InChI is InChI=1S/C12H16ClN3O2/c1-9-7-14-4-5-15(9)8-10-2-3-11(13)6-12(10)16(17)18/h2-3,6,9,14H,4-5,7-8H2,1H3. The average Bonchev–Trinajstić information content (AvgIpc) is 2.34. The van der Waals surface area contributed by atoms with Crippen molar-refractivity contribution in [3.8, 4) is 0 Å². The maximum Gasteiger partial charge on any atom is 0.275 e. The molecule has 1 atom stereocenters. The molecule has 1 saturated heterocycles. The zero-order valence-electron chi connectivity index (χ0n) is 10.2. The van der Waals surface area contributed by atoms with Gasteiger partial charge in [-0.3, -0.25) is 15.0 Å². The van der Waals surface area contributed by atoms with Crippen LogP contribution in [0.5, 0.6) is 0 Å². The molecule has 0 aromatic heterocycles. The van der Waals surface area contributed by atoms with E-state index in [1.807, 2.05) is 0 Å². The molecule has 0 amide bonds. The summed E-state index contributed by atoms with van der Waals surface area (Å²) >= 11 is 5.80. The Labute approximate surface area is 111 Å². The van der Waals surface area contributed by atoms with Crippen LogP contribution in [0.1, 0.15) is 12.5 Å². The number of piperazine rings is 1. The van der Waals surface area contributed by atoms with Gasteiger partial charge in [-0.2, -0.15) is 0 Å². The molecule has 1 aliphatic rings. The lowest BCUT2D eigenvalue weighted by atomic mass is 10.1. The predicted molar refractivity (Wildman–Crippen MR) is 70.8 cm³/mol. The minimum atomic E-state index is -0.367. The first-order valence-electron chi connectivity index (χ1n) is 5.95. The van der Waals surface area contributed by atoms with Crippen LogP contribution in [0.15, 0.2) is 18.2 Å². The van der Waals surface area contributed by atoms with Crippen LogP contribution in [-0.4, -0.2) is 35.5 Å². The highest BCUT2D eigenvalue weighted by Crippen LogP contribution is 2.25. The van der Waals surface area contributed by atoms with Gasteiger partial charge in [0.2, 0.25) is 0 Å². The van der Waals surface area contributed by atoms with Gasteiger partial charge < -0.3 is 5.32 Å². The van der Waals surface area contributed by atoms with Crippen LogP contribution < -0.4 is 5.32 Å². The first-order chi connectivity index (χ1) is 8.58. The quantitative estimate of drug-likeness (QED) is 0.674. The Morgan fingerprint density at radius 2 is 2.39 bits per heavy atom. The van der Waals surface area contributed by atoms with Gasteiger partial charge in [0.05, 0.1) is 4.92 Å². The molecule has 0 saturated carbocycles. The average molecular weight is 270 g/mol. The number of rotatable bonds is 3. The summed E-state index contributed by atoms with van der Waals surface area (Å²) in [7, 11) is 0. The van der Waals surface area contributed by atoms with Crippen LogP contribution in [-0.2, 0) is 6.54 Å². The van der Waals surface area contributed by atoms with E-state index in [0.29, 0.717) is 17.6 Å². The molecule has 6 heteroatoms. The van der Waals surface area contributed by atoms with E-state index in [0.717, 1.165) is 25.2 Å². The third-order valence-electron chi connectivity index (χ3n) is 3.26. The second-order valence-electron chi connectivity index (χ2n) is 4.55. The zero-order valence-corrected chi connectivity index (χ0v) is 11.0. The highest BCUT2D eigenvalue weighted by atomic mass is 35.5. The third kappa shape index (κ3) is 2.98. The molecule has 1 heterocycles. The van der Waals surface area contributed by atoms with Crippen molar-refractivity contribution in [2.24, 2.45) is 0 Å². The lowest BCUT2D eigenvalue weighted by molar-refractivity contribution is -0.385. The maximum atomic E-state index is 11.0. The topological polar surface area (TPSA) is 58.4 Å². The molecule has 0 radical (unpaired) electrons. The second-order valence-corrected chi connectivity index (χ2v) is 4.99. The van der Waals surface area contributed by atoms with E-state index < -0.39 is 0 Å². The van der Waals surface area contributed by atoms with Crippen LogP contribution >= 0.6 is 11.6 Å². The van der Waals surface area contributed by atoms with Crippen molar-refractivity contribution in [2.45, 2.75) is 19.5 Å². The Bertz CT molecular complexity index is 453. The molecule has 1 aliphatic heterocycles. The smallest absolute Gasteiger partial charge is 0.275 e. The second kappa shape index (κ2) is 5.65. The number of hydrogen-bond acceptors (Lipinski definition) is 4. The van der Waals surface area contributed by atoms with E-state index in [-0.39, 0.29) is 10.6 Å². The van der Waals surface area contributed by atoms with Crippen molar-refractivity contribution in [1.82, 2.24) is 10.2 Å². The van der Waals surface area contributed by atoms with Crippen molar-refractivity contribution < 1.29 is 4.92 Å². The summed E-state index contributed by atoms with van der Waals surface area (Å²) in [5.41, 5.74) is 0.825. The van der Waals surface area contributed by atoms with Crippen LogP contribution in [0, 0.1) is 10.1 Å². The number of hydrogen-bond donors (Lipinski definition) is 1. The number of halogens is 1. The van der Waals surface area contributed by atoms with Gasteiger partial charge >= 0.3 is 0 Å². The van der Waals surface area contributed by atoms with Crippen LogP contribution in [0.4, 0.5) is 5.69 Å². The van der Waals surface area contributed by atoms with E-state index in [9.17, 15) is 10.1 Å². The van der Waals surface area contributed by atoms with E-state index >= 15 is 0 Å². The molecule has 5 nitrogen and oxygen atoms in total. The number of nitrogens with one attached hydrogen (secondary N) is 1. The predicted octanol–water partition coefficient (Wildman–Crippen LogP) is 2.04. The minimum absolute atomic E-state index is 0.105. The number of benzene rings is 1. The minimum Gasteiger partial charge on any atom is -0.314 e. The highest BCUT2D eigenvalue weighted by Gasteiger charge is 2.22. The summed E-state index contributed by atoms with van der Waals surface area (Å²) in [5, 5.41) is 14.7. The molecule has 1 fully saturated rings. The molecular weight excluding hydrogens is 254 g/mol. The molecule has 1 aromatic rings. The summed E-state index contributed by atoms with van der Waals surface area (Å²) < 4.78 is 0. The van der Waals surface area contributed by atoms with E-state index in [1.54, 1.807) is 12.1 Å². The van der Waals surface area contributed by atoms with Crippen LogP contribution in [0.25, 0.3) is 0 Å². The lowest BCUT2D eigenvalue weighted by Crippen LogP contribution is -2.49. The summed E-state index contributed by atoms with van der Waals surface area (Å²) in [6, 6.07) is 5.25. The van der Waals surface area contributed by atoms with Gasteiger partial charge in [0.15, 0.2) is 0 Å². The molecule has 98 valence electrons. The van der Waals surface area contributed by atoms with E-state index in [4.69, 9.17) is 11.6 Å². The first-order valence-corrected chi connectivity index (χ1v) is 6.33. The van der Waals surface area contributed by atoms with Crippen LogP contribution in [0.2, 0.25) is 5.02 Å². The number of nitro benzene ring substituents is 1. The van der Waals surface area contributed by atoms with Crippen molar-refractivity contribution in [3.05, 3.63) is 38.9 Å². The first kappa shape index (κ1) is 13.3. The fourth-order valence-corrected chi connectivity index (χ4v) is 2.34. The molecule has 1 aromatic carbocycles. The van der Waals surface area contributed by atoms with Gasteiger partial charge in [-0.1, -0.05) is 11.6 Å². The lowest BCUT2D eigenvalue weighted by Gasteiger charge is -2.33. The fourth-order valence-electron chi connectivity index (χ4n) is 2.18.